The van der Waals surface area contributed by atoms with Crippen LogP contribution in [0.2, 0.25) is 0 Å². The van der Waals surface area contributed by atoms with Gasteiger partial charge in [0, 0.05) is 15.8 Å². The Morgan fingerprint density at radius 3 is 2.50 bits per heavy atom. The van der Waals surface area contributed by atoms with E-state index in [1.807, 2.05) is 0 Å². The molecular formula is C12H9BrF3NS. The van der Waals surface area contributed by atoms with Gasteiger partial charge in [0.15, 0.2) is 0 Å². The molecule has 0 unspecified atom stereocenters. The summed E-state index contributed by atoms with van der Waals surface area (Å²) in [5, 5.41) is 1.01. The van der Waals surface area contributed by atoms with Crippen LogP contribution in [-0.2, 0) is 11.5 Å². The summed E-state index contributed by atoms with van der Waals surface area (Å²) >= 11 is 4.59. The minimum Gasteiger partial charge on any atom is -0.241 e. The average Bonchev–Trinajstić information content (AvgIpc) is 2.69. The molecule has 1 aromatic carbocycles. The van der Waals surface area contributed by atoms with E-state index in [0.29, 0.717) is 10.3 Å². The second kappa shape index (κ2) is 5.01. The van der Waals surface area contributed by atoms with Crippen LogP contribution in [0.3, 0.4) is 0 Å². The van der Waals surface area contributed by atoms with Gasteiger partial charge in [-0.25, -0.2) is 4.98 Å². The topological polar surface area (TPSA) is 12.9 Å². The van der Waals surface area contributed by atoms with Crippen molar-refractivity contribution in [1.82, 2.24) is 4.98 Å². The molecule has 1 heterocycles. The lowest BCUT2D eigenvalue weighted by atomic mass is 10.1. The highest BCUT2D eigenvalue weighted by molar-refractivity contribution is 9.08. The Hall–Kier alpha value is -0.880. The maximum absolute atomic E-state index is 12.9. The van der Waals surface area contributed by atoms with Crippen molar-refractivity contribution < 1.29 is 13.2 Å². The molecule has 0 fully saturated rings. The van der Waals surface area contributed by atoms with E-state index in [0.717, 1.165) is 16.6 Å². The lowest BCUT2D eigenvalue weighted by molar-refractivity contribution is -0.137. The molecule has 6 heteroatoms. The van der Waals surface area contributed by atoms with E-state index in [1.54, 1.807) is 13.0 Å². The molecular weight excluding hydrogens is 327 g/mol. The van der Waals surface area contributed by atoms with Crippen LogP contribution < -0.4 is 0 Å². The molecule has 0 spiro atoms. The van der Waals surface area contributed by atoms with Crippen LogP contribution in [0.5, 0.6) is 0 Å². The first-order chi connectivity index (χ1) is 8.43. The van der Waals surface area contributed by atoms with Gasteiger partial charge in [-0.3, -0.25) is 0 Å². The van der Waals surface area contributed by atoms with Crippen LogP contribution in [0.4, 0.5) is 13.2 Å². The van der Waals surface area contributed by atoms with Gasteiger partial charge < -0.3 is 0 Å². The summed E-state index contributed by atoms with van der Waals surface area (Å²) in [6.45, 7) is 1.80. The third-order valence-corrected chi connectivity index (χ3v) is 4.60. The van der Waals surface area contributed by atoms with Crippen molar-refractivity contribution in [3.8, 4) is 10.6 Å². The van der Waals surface area contributed by atoms with Gasteiger partial charge in [-0.15, -0.1) is 11.3 Å². The molecule has 1 aromatic heterocycles. The van der Waals surface area contributed by atoms with Crippen molar-refractivity contribution in [2.75, 3.05) is 0 Å². The first kappa shape index (κ1) is 13.5. The van der Waals surface area contributed by atoms with Gasteiger partial charge in [-0.1, -0.05) is 34.1 Å². The van der Waals surface area contributed by atoms with E-state index in [4.69, 9.17) is 0 Å². The smallest absolute Gasteiger partial charge is 0.241 e. The Bertz CT molecular complexity index is 563. The van der Waals surface area contributed by atoms with E-state index >= 15 is 0 Å². The van der Waals surface area contributed by atoms with Gasteiger partial charge in [-0.2, -0.15) is 13.2 Å². The van der Waals surface area contributed by atoms with E-state index in [-0.39, 0.29) is 5.56 Å². The zero-order chi connectivity index (χ0) is 13.3. The zero-order valence-electron chi connectivity index (χ0n) is 9.38. The van der Waals surface area contributed by atoms with Crippen LogP contribution in [-0.4, -0.2) is 4.98 Å². The van der Waals surface area contributed by atoms with Crippen LogP contribution >= 0.6 is 27.3 Å². The van der Waals surface area contributed by atoms with E-state index in [2.05, 4.69) is 20.9 Å². The summed E-state index contributed by atoms with van der Waals surface area (Å²) in [5.74, 6) is 0. The largest absolute Gasteiger partial charge is 0.417 e. The number of hydrogen-bond donors (Lipinski definition) is 0. The Morgan fingerprint density at radius 2 is 1.94 bits per heavy atom. The lowest BCUT2D eigenvalue weighted by Crippen LogP contribution is -2.06. The van der Waals surface area contributed by atoms with E-state index < -0.39 is 11.7 Å². The maximum Gasteiger partial charge on any atom is 0.417 e. The van der Waals surface area contributed by atoms with Crippen LogP contribution in [0, 0.1) is 6.92 Å². The molecule has 2 aromatic rings. The lowest BCUT2D eigenvalue weighted by Gasteiger charge is -2.10. The highest BCUT2D eigenvalue weighted by Gasteiger charge is 2.34. The number of rotatable bonds is 2. The van der Waals surface area contributed by atoms with Crippen molar-refractivity contribution in [2.24, 2.45) is 0 Å². The van der Waals surface area contributed by atoms with Crippen molar-refractivity contribution >= 4 is 27.3 Å². The molecule has 1 nitrogen and oxygen atoms in total. The second-order valence-electron chi connectivity index (χ2n) is 3.70. The summed E-state index contributed by atoms with van der Waals surface area (Å²) in [6, 6.07) is 5.52. The van der Waals surface area contributed by atoms with Crippen molar-refractivity contribution in [2.45, 2.75) is 18.4 Å². The molecule has 0 atom stereocenters. The van der Waals surface area contributed by atoms with Crippen LogP contribution in [0.15, 0.2) is 24.3 Å². The molecule has 0 bridgehead atoms. The molecule has 0 aliphatic rings. The molecule has 0 aliphatic carbocycles. The Balaban J connectivity index is 2.57. The normalized spacial score (nSPS) is 11.8. The van der Waals surface area contributed by atoms with Crippen LogP contribution in [0.1, 0.15) is 16.1 Å². The fourth-order valence-electron chi connectivity index (χ4n) is 1.58. The molecule has 0 radical (unpaired) electrons. The third-order valence-electron chi connectivity index (χ3n) is 2.48. The standard InChI is InChI=1S/C12H9BrF3NS/c1-7-10(6-13)18-11(17-7)8-4-2-3-5-9(8)12(14,15)16/h2-5H,6H2,1H3. The van der Waals surface area contributed by atoms with Gasteiger partial charge in [0.25, 0.3) is 0 Å². The molecule has 18 heavy (non-hydrogen) atoms. The summed E-state index contributed by atoms with van der Waals surface area (Å²) in [6.07, 6.45) is -4.36. The fraction of sp³-hybridized carbons (Fsp3) is 0.250. The number of benzene rings is 1. The number of aryl methyl sites for hydroxylation is 1. The monoisotopic (exact) mass is 335 g/mol. The Labute approximate surface area is 115 Å². The third kappa shape index (κ3) is 2.59. The number of halogens is 4. The van der Waals surface area contributed by atoms with Gasteiger partial charge >= 0.3 is 6.18 Å². The summed E-state index contributed by atoms with van der Waals surface area (Å²) in [5.41, 5.74) is 0.272. The molecule has 96 valence electrons. The molecule has 0 amide bonds. The maximum atomic E-state index is 12.9. The first-order valence-electron chi connectivity index (χ1n) is 5.12. The highest BCUT2D eigenvalue weighted by Crippen LogP contribution is 2.39. The minimum absolute atomic E-state index is 0.144. The number of nitrogens with zero attached hydrogens (tertiary/aromatic N) is 1. The molecule has 0 aliphatic heterocycles. The molecule has 0 saturated carbocycles. The van der Waals surface area contributed by atoms with Gasteiger partial charge in [0.05, 0.1) is 11.3 Å². The highest BCUT2D eigenvalue weighted by atomic mass is 79.9. The zero-order valence-corrected chi connectivity index (χ0v) is 11.8. The van der Waals surface area contributed by atoms with Gasteiger partial charge in [-0.05, 0) is 13.0 Å². The average molecular weight is 336 g/mol. The van der Waals surface area contributed by atoms with Crippen molar-refractivity contribution in [1.29, 1.82) is 0 Å². The number of alkyl halides is 4. The predicted molar refractivity (Wildman–Crippen MR) is 69.9 cm³/mol. The molecule has 2 rings (SSSR count). The Kier molecular flexibility index (Phi) is 3.77. The quantitative estimate of drug-likeness (QED) is 0.701. The molecule has 0 saturated heterocycles. The van der Waals surface area contributed by atoms with Crippen LogP contribution in [0.25, 0.3) is 10.6 Å². The predicted octanol–water partition coefficient (Wildman–Crippen LogP) is 5.03. The second-order valence-corrected chi connectivity index (χ2v) is 5.35. The van der Waals surface area contributed by atoms with Crippen molar-refractivity contribution in [3.63, 3.8) is 0 Å². The number of thiazole rings is 1. The SMILES string of the molecule is Cc1nc(-c2ccccc2C(F)(F)F)sc1CBr. The Morgan fingerprint density at radius 1 is 1.28 bits per heavy atom. The molecule has 0 N–H and O–H groups in total. The number of hydrogen-bond acceptors (Lipinski definition) is 2. The van der Waals surface area contributed by atoms with E-state index in [1.165, 1.54) is 23.5 Å². The minimum atomic E-state index is -4.36. The first-order valence-corrected chi connectivity index (χ1v) is 7.06. The number of aromatic nitrogens is 1. The van der Waals surface area contributed by atoms with Crippen molar-refractivity contribution in [3.05, 3.63) is 40.4 Å². The summed E-state index contributed by atoms with van der Waals surface area (Å²) < 4.78 is 38.7. The fourth-order valence-corrected chi connectivity index (χ4v) is 3.28. The summed E-state index contributed by atoms with van der Waals surface area (Å²) in [4.78, 5) is 5.16. The van der Waals surface area contributed by atoms with E-state index in [9.17, 15) is 13.2 Å². The van der Waals surface area contributed by atoms with Gasteiger partial charge in [0.1, 0.15) is 5.01 Å². The summed E-state index contributed by atoms with van der Waals surface area (Å²) in [7, 11) is 0. The van der Waals surface area contributed by atoms with Gasteiger partial charge in [0.2, 0.25) is 0 Å².